The maximum Gasteiger partial charge on any atom is 0.418 e. The van der Waals surface area contributed by atoms with Gasteiger partial charge in [-0.2, -0.15) is 18.2 Å². The maximum atomic E-state index is 13.2. The van der Waals surface area contributed by atoms with Gasteiger partial charge in [-0.15, -0.1) is 0 Å². The zero-order valence-electron chi connectivity index (χ0n) is 14.5. The number of para-hydroxylation sites is 1. The van der Waals surface area contributed by atoms with Crippen molar-refractivity contribution in [2.24, 2.45) is 5.92 Å². The van der Waals surface area contributed by atoms with Crippen LogP contribution in [0.15, 0.2) is 48.5 Å². The van der Waals surface area contributed by atoms with E-state index in [-0.39, 0.29) is 11.6 Å². The van der Waals surface area contributed by atoms with Crippen molar-refractivity contribution in [1.29, 1.82) is 0 Å². The monoisotopic (exact) mass is 365 g/mol. The van der Waals surface area contributed by atoms with Crippen molar-refractivity contribution in [3.8, 4) is 5.75 Å². The Morgan fingerprint density at radius 2 is 1.69 bits per heavy atom. The highest BCUT2D eigenvalue weighted by Crippen LogP contribution is 2.48. The predicted octanol–water partition coefficient (Wildman–Crippen LogP) is 4.54. The molecule has 0 saturated carbocycles. The Balaban J connectivity index is 1.99. The van der Waals surface area contributed by atoms with Crippen LogP contribution in [-0.2, 0) is 21.4 Å². The van der Waals surface area contributed by atoms with Crippen LogP contribution in [0, 0.1) is 5.92 Å². The lowest BCUT2D eigenvalue weighted by Crippen LogP contribution is -2.65. The summed E-state index contributed by atoms with van der Waals surface area (Å²) in [6.45, 7) is 3.57. The number of carbonyl (C=O) groups excluding carboxylic acids is 1. The van der Waals surface area contributed by atoms with E-state index in [1.165, 1.54) is 25.3 Å². The van der Waals surface area contributed by atoms with Crippen LogP contribution in [0.2, 0.25) is 0 Å². The summed E-state index contributed by atoms with van der Waals surface area (Å²) in [7, 11) is 1.52. The van der Waals surface area contributed by atoms with Crippen molar-refractivity contribution >= 4 is 11.6 Å². The largest absolute Gasteiger partial charge is 0.497 e. The standard InChI is InChI=1S/C19H18F3NO3/c1-12(2)18(13-8-10-14(25-3)11-9-13)17(24)23(26-18)16-7-5-4-6-15(16)19(20,21)22/h4-12H,1-3H3/t18-/m1/s1. The molecule has 2 aromatic rings. The molecule has 4 nitrogen and oxygen atoms in total. The van der Waals surface area contributed by atoms with Crippen LogP contribution < -0.4 is 9.80 Å². The molecule has 0 radical (unpaired) electrons. The molecule has 0 aromatic heterocycles. The minimum Gasteiger partial charge on any atom is -0.497 e. The van der Waals surface area contributed by atoms with E-state index in [4.69, 9.17) is 9.57 Å². The number of methoxy groups -OCH3 is 1. The van der Waals surface area contributed by atoms with Crippen LogP contribution in [0.5, 0.6) is 5.75 Å². The normalized spacial score (nSPS) is 20.3. The predicted molar refractivity (Wildman–Crippen MR) is 89.5 cm³/mol. The molecular formula is C19H18F3NO3. The topological polar surface area (TPSA) is 38.8 Å². The Morgan fingerprint density at radius 3 is 2.19 bits per heavy atom. The lowest BCUT2D eigenvalue weighted by atomic mass is 9.80. The fourth-order valence-electron chi connectivity index (χ4n) is 3.09. The number of ether oxygens (including phenoxy) is 1. The molecule has 1 heterocycles. The third-order valence-electron chi connectivity index (χ3n) is 4.50. The summed E-state index contributed by atoms with van der Waals surface area (Å²) >= 11 is 0. The van der Waals surface area contributed by atoms with E-state index >= 15 is 0 Å². The highest BCUT2D eigenvalue weighted by molar-refractivity contribution is 6.04. The lowest BCUT2D eigenvalue weighted by molar-refractivity contribution is -0.202. The van der Waals surface area contributed by atoms with Gasteiger partial charge < -0.3 is 4.74 Å². The number of nitrogens with zero attached hydrogens (tertiary/aromatic N) is 1. The minimum atomic E-state index is -4.59. The van der Waals surface area contributed by atoms with Crippen LogP contribution in [-0.4, -0.2) is 13.0 Å². The van der Waals surface area contributed by atoms with Crippen molar-refractivity contribution in [2.45, 2.75) is 25.6 Å². The van der Waals surface area contributed by atoms with Gasteiger partial charge >= 0.3 is 6.18 Å². The molecule has 0 aliphatic carbocycles. The number of amides is 1. The zero-order chi connectivity index (χ0) is 19.1. The van der Waals surface area contributed by atoms with Crippen molar-refractivity contribution in [3.05, 3.63) is 59.7 Å². The summed E-state index contributed by atoms with van der Waals surface area (Å²) in [5, 5.41) is 0.729. The molecule has 7 heteroatoms. The SMILES string of the molecule is COc1ccc([C@@]2(C(C)C)ON(c3ccccc3C(F)(F)F)C2=O)cc1. The van der Waals surface area contributed by atoms with E-state index in [0.29, 0.717) is 11.3 Å². The van der Waals surface area contributed by atoms with E-state index < -0.39 is 23.2 Å². The first-order chi connectivity index (χ1) is 12.2. The third-order valence-corrected chi connectivity index (χ3v) is 4.50. The summed E-state index contributed by atoms with van der Waals surface area (Å²) in [4.78, 5) is 18.7. The molecular weight excluding hydrogens is 347 g/mol. The Kier molecular flexibility index (Phi) is 4.44. The van der Waals surface area contributed by atoms with Crippen molar-refractivity contribution in [2.75, 3.05) is 12.2 Å². The first-order valence-electron chi connectivity index (χ1n) is 8.06. The Bertz CT molecular complexity index is 818. The molecule has 0 N–H and O–H groups in total. The van der Waals surface area contributed by atoms with E-state index in [2.05, 4.69) is 0 Å². The van der Waals surface area contributed by atoms with Crippen LogP contribution in [0.3, 0.4) is 0 Å². The number of carbonyl (C=O) groups is 1. The van der Waals surface area contributed by atoms with Gasteiger partial charge in [-0.25, -0.2) is 4.84 Å². The van der Waals surface area contributed by atoms with Gasteiger partial charge in [0.25, 0.3) is 5.91 Å². The average Bonchev–Trinajstić information content (AvgIpc) is 2.60. The molecule has 0 unspecified atom stereocenters. The maximum absolute atomic E-state index is 13.2. The molecule has 1 fully saturated rings. The van der Waals surface area contributed by atoms with E-state index in [9.17, 15) is 18.0 Å². The average molecular weight is 365 g/mol. The summed E-state index contributed by atoms with van der Waals surface area (Å²) in [5.41, 5.74) is -1.99. The number of anilines is 1. The molecule has 0 bridgehead atoms. The summed E-state index contributed by atoms with van der Waals surface area (Å²) < 4.78 is 44.8. The number of halogens is 3. The first kappa shape index (κ1) is 18.3. The van der Waals surface area contributed by atoms with Gasteiger partial charge in [0.15, 0.2) is 0 Å². The third kappa shape index (κ3) is 2.72. The molecule has 138 valence electrons. The summed E-state index contributed by atoms with van der Waals surface area (Å²) in [6.07, 6.45) is -4.59. The quantitative estimate of drug-likeness (QED) is 0.798. The number of rotatable bonds is 4. The van der Waals surface area contributed by atoms with Crippen molar-refractivity contribution in [3.63, 3.8) is 0 Å². The molecule has 1 atom stereocenters. The van der Waals surface area contributed by atoms with Crippen LogP contribution in [0.25, 0.3) is 0 Å². The van der Waals surface area contributed by atoms with Crippen LogP contribution in [0.4, 0.5) is 18.9 Å². The minimum absolute atomic E-state index is 0.280. The summed E-state index contributed by atoms with van der Waals surface area (Å²) in [6, 6.07) is 11.6. The molecule has 1 aliphatic rings. The van der Waals surface area contributed by atoms with Gasteiger partial charge in [-0.1, -0.05) is 38.1 Å². The Labute approximate surface area is 149 Å². The fraction of sp³-hybridized carbons (Fsp3) is 0.316. The second-order valence-electron chi connectivity index (χ2n) is 6.32. The number of hydrogen-bond donors (Lipinski definition) is 0. The Morgan fingerprint density at radius 1 is 1.08 bits per heavy atom. The molecule has 1 aliphatic heterocycles. The van der Waals surface area contributed by atoms with Gasteiger partial charge in [0.2, 0.25) is 5.60 Å². The second kappa shape index (κ2) is 6.32. The highest BCUT2D eigenvalue weighted by atomic mass is 19.4. The second-order valence-corrected chi connectivity index (χ2v) is 6.32. The molecule has 2 aromatic carbocycles. The van der Waals surface area contributed by atoms with Gasteiger partial charge in [-0.05, 0) is 35.7 Å². The molecule has 3 rings (SSSR count). The van der Waals surface area contributed by atoms with Crippen LogP contribution in [0.1, 0.15) is 25.0 Å². The van der Waals surface area contributed by atoms with Gasteiger partial charge in [0.05, 0.1) is 18.4 Å². The lowest BCUT2D eigenvalue weighted by Gasteiger charge is -2.50. The number of alkyl halides is 3. The molecule has 0 spiro atoms. The summed E-state index contributed by atoms with van der Waals surface area (Å²) in [5.74, 6) is -0.203. The number of benzene rings is 2. The molecule has 26 heavy (non-hydrogen) atoms. The number of hydroxylamine groups is 1. The highest BCUT2D eigenvalue weighted by Gasteiger charge is 2.59. The van der Waals surface area contributed by atoms with Crippen molar-refractivity contribution < 1.29 is 27.5 Å². The molecule has 1 saturated heterocycles. The first-order valence-corrected chi connectivity index (χ1v) is 8.06. The zero-order valence-corrected chi connectivity index (χ0v) is 14.5. The van der Waals surface area contributed by atoms with Crippen molar-refractivity contribution in [1.82, 2.24) is 0 Å². The smallest absolute Gasteiger partial charge is 0.418 e. The van der Waals surface area contributed by atoms with Gasteiger partial charge in [-0.3, -0.25) is 4.79 Å². The van der Waals surface area contributed by atoms with E-state index in [1.807, 2.05) is 0 Å². The van der Waals surface area contributed by atoms with Crippen LogP contribution >= 0.6 is 0 Å². The van der Waals surface area contributed by atoms with E-state index in [1.54, 1.807) is 38.1 Å². The fourth-order valence-corrected chi connectivity index (χ4v) is 3.09. The van der Waals surface area contributed by atoms with E-state index in [0.717, 1.165) is 11.1 Å². The van der Waals surface area contributed by atoms with Gasteiger partial charge in [0.1, 0.15) is 5.75 Å². The van der Waals surface area contributed by atoms with Gasteiger partial charge in [0, 0.05) is 0 Å². The molecule has 1 amide bonds. The number of hydrogen-bond acceptors (Lipinski definition) is 3. The Hall–Kier alpha value is -2.54.